The first-order valence-electron chi connectivity index (χ1n) is 21.4. The van der Waals surface area contributed by atoms with E-state index in [4.69, 9.17) is 9.47 Å². The molecule has 12 atom stereocenters. The van der Waals surface area contributed by atoms with Crippen molar-refractivity contribution in [2.75, 3.05) is 13.2 Å². The van der Waals surface area contributed by atoms with Gasteiger partial charge in [0.05, 0.1) is 0 Å². The largest absolute Gasteiger partial charge is 0.458 e. The smallest absolute Gasteiger partial charge is 0.303 e. The minimum absolute atomic E-state index is 0.0625. The molecule has 6 fully saturated rings. The highest BCUT2D eigenvalue weighted by Gasteiger charge is 2.70. The summed E-state index contributed by atoms with van der Waals surface area (Å²) in [6, 6.07) is 0. The van der Waals surface area contributed by atoms with Gasteiger partial charge in [-0.25, -0.2) is 0 Å². The van der Waals surface area contributed by atoms with Crippen molar-refractivity contribution < 1.29 is 58.0 Å². The maximum atomic E-state index is 13.5. The van der Waals surface area contributed by atoms with E-state index >= 15 is 0 Å². The predicted octanol–water partition coefficient (Wildman–Crippen LogP) is 5.12. The van der Waals surface area contributed by atoms with E-state index in [2.05, 4.69) is 13.8 Å². The Bertz CT molecular complexity index is 1790. The molecule has 0 aliphatic heterocycles. The second-order valence-corrected chi connectivity index (χ2v) is 20.0. The molecule has 0 aromatic rings. The third-order valence-corrected chi connectivity index (χ3v) is 17.3. The van der Waals surface area contributed by atoms with Crippen LogP contribution in [0, 0.1) is 57.2 Å². The number of hydrogen-bond donors (Lipinski definition) is 2. The van der Waals surface area contributed by atoms with Crippen LogP contribution >= 0.6 is 0 Å². The molecule has 58 heavy (non-hydrogen) atoms. The zero-order valence-electron chi connectivity index (χ0n) is 34.9. The number of Topliss-reactive ketones (excluding diaryl/α,β-unsaturated/α-hetero) is 4. The van der Waals surface area contributed by atoms with Gasteiger partial charge in [-0.2, -0.15) is 0 Å². The fraction of sp³-hybridized carbons (Fsp3) is 0.739. The number of esters is 2. The Morgan fingerprint density at radius 2 is 0.948 bits per heavy atom. The average molecular weight is 805 g/mol. The minimum atomic E-state index is -1.65. The SMILES string of the molecule is CC(=O)OCC(=O)[C@@]1(O)CC[C@H]2[C@@H]3CCC4=CC(=O)CC[C@]4(C)[C@H]3C(=O)C[C@@]21C.CC(=O)OCC(=O)[C@@]1(O)CC[C@H]2[C@@H]3CCC4=CC(=O)CC[C@]4(C)[C@H]3C(=O)C[C@@]21C. The van der Waals surface area contributed by atoms with Crippen LogP contribution in [0.15, 0.2) is 23.3 Å². The molecule has 0 spiro atoms. The van der Waals surface area contributed by atoms with E-state index < -0.39 is 58.8 Å². The molecule has 0 amide bonds. The van der Waals surface area contributed by atoms with Crippen LogP contribution in [0.4, 0.5) is 0 Å². The molecule has 0 saturated heterocycles. The predicted molar refractivity (Wildman–Crippen MR) is 207 cm³/mol. The molecule has 8 aliphatic rings. The number of rotatable bonds is 6. The van der Waals surface area contributed by atoms with Gasteiger partial charge in [-0.15, -0.1) is 0 Å². The second kappa shape index (κ2) is 14.5. The van der Waals surface area contributed by atoms with Crippen LogP contribution in [0.3, 0.4) is 0 Å². The molecule has 0 radical (unpaired) electrons. The van der Waals surface area contributed by atoms with Gasteiger partial charge < -0.3 is 19.7 Å². The molecule has 12 nitrogen and oxygen atoms in total. The number of carbonyl (C=O) groups is 8. The van der Waals surface area contributed by atoms with Crippen molar-refractivity contribution in [2.24, 2.45) is 57.2 Å². The summed E-state index contributed by atoms with van der Waals surface area (Å²) < 4.78 is 9.73. The van der Waals surface area contributed by atoms with E-state index in [1.54, 1.807) is 12.2 Å². The van der Waals surface area contributed by atoms with E-state index in [0.29, 0.717) is 51.4 Å². The highest BCUT2D eigenvalue weighted by molar-refractivity contribution is 5.96. The molecule has 8 aliphatic carbocycles. The highest BCUT2D eigenvalue weighted by Crippen LogP contribution is 2.68. The van der Waals surface area contributed by atoms with Gasteiger partial charge >= 0.3 is 11.9 Å². The van der Waals surface area contributed by atoms with Crippen LogP contribution in [0.25, 0.3) is 0 Å². The van der Waals surface area contributed by atoms with Crippen molar-refractivity contribution in [3.8, 4) is 0 Å². The van der Waals surface area contributed by atoms with E-state index in [-0.39, 0.29) is 82.3 Å². The molecule has 0 aromatic carbocycles. The van der Waals surface area contributed by atoms with Gasteiger partial charge in [-0.05, 0) is 111 Å². The molecule has 0 unspecified atom stereocenters. The number of hydrogen-bond acceptors (Lipinski definition) is 12. The van der Waals surface area contributed by atoms with Gasteiger partial charge in [-0.1, -0.05) is 38.8 Å². The summed E-state index contributed by atoms with van der Waals surface area (Å²) in [7, 11) is 0. The summed E-state index contributed by atoms with van der Waals surface area (Å²) in [4.78, 5) is 98.7. The molecule has 0 aromatic heterocycles. The topological polar surface area (TPSA) is 195 Å². The number of fused-ring (bicyclic) bond motifs is 10. The molecule has 0 bridgehead atoms. The highest BCUT2D eigenvalue weighted by atomic mass is 16.5. The van der Waals surface area contributed by atoms with Gasteiger partial charge in [-0.3, -0.25) is 38.4 Å². The number of ketones is 6. The number of allylic oxidation sites excluding steroid dienone is 2. The maximum Gasteiger partial charge on any atom is 0.303 e. The zero-order valence-corrected chi connectivity index (χ0v) is 34.9. The summed E-state index contributed by atoms with van der Waals surface area (Å²) in [5, 5.41) is 22.8. The molecule has 12 heteroatoms. The lowest BCUT2D eigenvalue weighted by molar-refractivity contribution is -0.173. The molecule has 0 heterocycles. The van der Waals surface area contributed by atoms with Crippen molar-refractivity contribution >= 4 is 46.6 Å². The van der Waals surface area contributed by atoms with Crippen LogP contribution in [0.5, 0.6) is 0 Å². The van der Waals surface area contributed by atoms with Crippen LogP contribution in [-0.4, -0.2) is 81.3 Å². The molecular weight excluding hydrogens is 744 g/mol. The Labute approximate surface area is 340 Å². The Morgan fingerprint density at radius 3 is 1.29 bits per heavy atom. The van der Waals surface area contributed by atoms with E-state index in [1.807, 2.05) is 13.8 Å². The quantitative estimate of drug-likeness (QED) is 0.337. The Morgan fingerprint density at radius 1 is 0.586 bits per heavy atom. The maximum absolute atomic E-state index is 13.5. The Kier molecular flexibility index (Phi) is 10.6. The molecule has 8 rings (SSSR count). The number of ether oxygens (including phenoxy) is 2. The first kappa shape index (κ1) is 42.5. The van der Waals surface area contributed by atoms with E-state index in [9.17, 15) is 48.6 Å². The third-order valence-electron chi connectivity index (χ3n) is 17.3. The fourth-order valence-corrected chi connectivity index (χ4v) is 14.3. The monoisotopic (exact) mass is 804 g/mol. The standard InChI is InChI=1S/2C23H30O6/c2*1-13(24)29-12-19(27)23(28)9-7-17-16-5-4-14-10-15(25)6-8-21(14,2)20(16)18(26)11-22(17,23)3/h2*10,16-17,20,28H,4-9,11-12H2,1-3H3/t2*16-,17-,20+,21-,22-,23-/m00/s1. The lowest BCUT2D eigenvalue weighted by Gasteiger charge is -2.57. The van der Waals surface area contributed by atoms with Crippen molar-refractivity contribution in [3.05, 3.63) is 23.3 Å². The first-order valence-corrected chi connectivity index (χ1v) is 21.4. The number of carbonyl (C=O) groups excluding carboxylic acids is 8. The minimum Gasteiger partial charge on any atom is -0.458 e. The average Bonchev–Trinajstić information content (AvgIpc) is 3.58. The summed E-state index contributed by atoms with van der Waals surface area (Å²) in [6.45, 7) is 9.52. The van der Waals surface area contributed by atoms with Crippen LogP contribution in [0.2, 0.25) is 0 Å². The number of aliphatic hydroxyl groups is 2. The molecule has 6 saturated carbocycles. The van der Waals surface area contributed by atoms with Crippen molar-refractivity contribution in [1.82, 2.24) is 0 Å². The Hall–Kier alpha value is -3.64. The molecular formula is C46H60O12. The third kappa shape index (κ3) is 6.28. The van der Waals surface area contributed by atoms with Gasteiger partial charge in [0.1, 0.15) is 22.8 Å². The molecule has 2 N–H and O–H groups in total. The summed E-state index contributed by atoms with van der Waals surface area (Å²) in [5.41, 5.74) is -3.36. The molecule has 316 valence electrons. The summed E-state index contributed by atoms with van der Waals surface area (Å²) >= 11 is 0. The van der Waals surface area contributed by atoms with Crippen LogP contribution < -0.4 is 0 Å². The normalized spacial score (nSPS) is 43.7. The van der Waals surface area contributed by atoms with Crippen molar-refractivity contribution in [3.63, 3.8) is 0 Å². The Balaban J connectivity index is 0.000000177. The lowest BCUT2D eigenvalue weighted by atomic mass is 9.46. The fourth-order valence-electron chi connectivity index (χ4n) is 14.3. The van der Waals surface area contributed by atoms with Crippen molar-refractivity contribution in [1.29, 1.82) is 0 Å². The van der Waals surface area contributed by atoms with Crippen LogP contribution in [0.1, 0.15) is 131 Å². The van der Waals surface area contributed by atoms with Crippen LogP contribution in [-0.2, 0) is 47.8 Å². The lowest BCUT2D eigenvalue weighted by Crippen LogP contribution is -2.61. The second-order valence-electron chi connectivity index (χ2n) is 20.0. The van der Waals surface area contributed by atoms with Crippen molar-refractivity contribution in [2.45, 2.75) is 143 Å². The van der Waals surface area contributed by atoms with Gasteiger partial charge in [0, 0.05) is 62.2 Å². The summed E-state index contributed by atoms with van der Waals surface area (Å²) in [6.07, 6.45) is 11.3. The zero-order chi connectivity index (χ0) is 42.4. The van der Waals surface area contributed by atoms with Gasteiger partial charge in [0.2, 0.25) is 11.6 Å². The summed E-state index contributed by atoms with van der Waals surface area (Å²) in [5.74, 6) is -1.62. The first-order chi connectivity index (χ1) is 27.1. The van der Waals surface area contributed by atoms with Gasteiger partial charge in [0.15, 0.2) is 24.8 Å². The van der Waals surface area contributed by atoms with E-state index in [1.165, 1.54) is 13.8 Å². The van der Waals surface area contributed by atoms with Gasteiger partial charge in [0.25, 0.3) is 0 Å². The van der Waals surface area contributed by atoms with E-state index in [0.717, 1.165) is 36.8 Å².